The van der Waals surface area contributed by atoms with Crippen LogP contribution in [-0.4, -0.2) is 22.2 Å². The minimum absolute atomic E-state index is 0. The number of carboxylic acid groups (broad SMARTS) is 2. The van der Waals surface area contributed by atoms with Crippen LogP contribution in [0.1, 0.15) is 20.3 Å². The third-order valence-electron chi connectivity index (χ3n) is 0.302. The van der Waals surface area contributed by atoms with Gasteiger partial charge in [0.1, 0.15) is 0 Å². The Kier molecular flexibility index (Phi) is 33.9. The van der Waals surface area contributed by atoms with Gasteiger partial charge >= 0.3 is 5.97 Å². The molecule has 0 saturated heterocycles. The summed E-state index contributed by atoms with van der Waals surface area (Å²) < 4.78 is 0. The first-order valence-corrected chi connectivity index (χ1v) is 2.42. The molecule has 0 aromatic heterocycles. The molecule has 2 N–H and O–H groups in total. The van der Waals surface area contributed by atoms with Crippen LogP contribution in [-0.2, 0) is 46.1 Å². The Hall–Kier alpha value is 0.0829. The van der Waals surface area contributed by atoms with Crippen molar-refractivity contribution >= 4 is 11.9 Å². The molecule has 0 saturated carbocycles. The van der Waals surface area contributed by atoms with Gasteiger partial charge < -0.3 is 10.2 Å². The second kappa shape index (κ2) is 16.6. The number of carboxylic acids is 2. The van der Waals surface area contributed by atoms with E-state index in [4.69, 9.17) is 15.0 Å². The second-order valence-electron chi connectivity index (χ2n) is 1.27. The molecular formula is C5H10FeO4Zn. The quantitative estimate of drug-likeness (QED) is 0.672. The van der Waals surface area contributed by atoms with E-state index in [1.54, 1.807) is 6.92 Å². The van der Waals surface area contributed by atoms with Crippen LogP contribution in [0, 0.1) is 0 Å². The Morgan fingerprint density at radius 2 is 1.36 bits per heavy atom. The Bertz CT molecular complexity index is 103. The van der Waals surface area contributed by atoms with Gasteiger partial charge in [-0.05, 0) is 0 Å². The van der Waals surface area contributed by atoms with Gasteiger partial charge in [0.05, 0.1) is 0 Å². The van der Waals surface area contributed by atoms with E-state index < -0.39 is 11.9 Å². The van der Waals surface area contributed by atoms with Crippen molar-refractivity contribution in [2.75, 3.05) is 0 Å². The summed E-state index contributed by atoms with van der Waals surface area (Å²) in [5.74, 6) is -1.58. The summed E-state index contributed by atoms with van der Waals surface area (Å²) >= 11 is 0. The van der Waals surface area contributed by atoms with Gasteiger partial charge in [0.25, 0.3) is 5.97 Å². The third kappa shape index (κ3) is 152. The maximum Gasteiger partial charge on any atom is 0.303 e. The Labute approximate surface area is 88.6 Å². The van der Waals surface area contributed by atoms with E-state index in [1.165, 1.54) is 0 Å². The minimum atomic E-state index is -0.833. The third-order valence-corrected chi connectivity index (χ3v) is 0.302. The summed E-state index contributed by atoms with van der Waals surface area (Å²) in [6.45, 7) is 2.68. The first kappa shape index (κ1) is 22.5. The van der Waals surface area contributed by atoms with Crippen molar-refractivity contribution in [3.05, 3.63) is 0 Å². The van der Waals surface area contributed by atoms with Crippen LogP contribution in [0.5, 0.6) is 0 Å². The molecule has 0 aromatic carbocycles. The molecule has 0 spiro atoms. The zero-order valence-corrected chi connectivity index (χ0v) is 10.6. The van der Waals surface area contributed by atoms with Crippen LogP contribution < -0.4 is 0 Å². The minimum Gasteiger partial charge on any atom is -0.481 e. The van der Waals surface area contributed by atoms with E-state index >= 15 is 0 Å². The predicted octanol–water partition coefficient (Wildman–Crippen LogP) is 0.567. The van der Waals surface area contributed by atoms with Crippen LogP contribution in [0.15, 0.2) is 0 Å². The molecule has 0 aliphatic heterocycles. The second-order valence-corrected chi connectivity index (χ2v) is 1.27. The molecule has 0 rings (SSSR count). The van der Waals surface area contributed by atoms with E-state index in [2.05, 4.69) is 0 Å². The van der Waals surface area contributed by atoms with E-state index in [0.717, 1.165) is 6.92 Å². The van der Waals surface area contributed by atoms with Gasteiger partial charge in [-0.25, -0.2) is 0 Å². The first-order valence-electron chi connectivity index (χ1n) is 2.42. The van der Waals surface area contributed by atoms with Gasteiger partial charge in [-0.1, -0.05) is 6.92 Å². The topological polar surface area (TPSA) is 74.6 Å². The number of hydrogen-bond donors (Lipinski definition) is 2. The molecule has 64 valence electrons. The van der Waals surface area contributed by atoms with Gasteiger partial charge in [-0.3, -0.25) is 9.59 Å². The zero-order chi connectivity index (χ0) is 7.86. The Morgan fingerprint density at radius 1 is 1.27 bits per heavy atom. The summed E-state index contributed by atoms with van der Waals surface area (Å²) in [7, 11) is 0. The summed E-state index contributed by atoms with van der Waals surface area (Å²) in [4.78, 5) is 18.4. The molecule has 11 heavy (non-hydrogen) atoms. The molecule has 0 unspecified atom stereocenters. The molecule has 0 aromatic rings. The van der Waals surface area contributed by atoms with Crippen molar-refractivity contribution < 1.29 is 56.3 Å². The maximum absolute atomic E-state index is 9.37. The smallest absolute Gasteiger partial charge is 0.303 e. The molecule has 0 bridgehead atoms. The van der Waals surface area contributed by atoms with Gasteiger partial charge in [0, 0.05) is 49.9 Å². The van der Waals surface area contributed by atoms with Crippen molar-refractivity contribution in [2.45, 2.75) is 20.3 Å². The fourth-order valence-corrected chi connectivity index (χ4v) is 0. The van der Waals surface area contributed by atoms with Gasteiger partial charge in [0.15, 0.2) is 0 Å². The van der Waals surface area contributed by atoms with Gasteiger partial charge in [-0.15, -0.1) is 0 Å². The molecule has 0 atom stereocenters. The van der Waals surface area contributed by atoms with Crippen molar-refractivity contribution in [2.24, 2.45) is 0 Å². The Morgan fingerprint density at radius 3 is 1.36 bits per heavy atom. The molecular weight excluding hydrogens is 245 g/mol. The first-order chi connectivity index (χ1) is 4.00. The van der Waals surface area contributed by atoms with Crippen molar-refractivity contribution in [3.8, 4) is 0 Å². The number of rotatable bonds is 1. The summed E-state index contributed by atoms with van der Waals surface area (Å²) in [5.41, 5.74) is 0. The van der Waals surface area contributed by atoms with Crippen LogP contribution in [0.3, 0.4) is 0 Å². The molecule has 0 fully saturated rings. The molecule has 0 heterocycles. The van der Waals surface area contributed by atoms with Crippen LogP contribution in [0.2, 0.25) is 0 Å². The largest absolute Gasteiger partial charge is 0.481 e. The molecule has 0 aliphatic rings. The number of aliphatic carboxylic acids is 2. The molecule has 0 aliphatic carbocycles. The van der Waals surface area contributed by atoms with E-state index in [9.17, 15) is 4.79 Å². The van der Waals surface area contributed by atoms with Crippen molar-refractivity contribution in [3.63, 3.8) is 0 Å². The number of hydrogen-bond acceptors (Lipinski definition) is 2. The fraction of sp³-hybridized carbons (Fsp3) is 0.600. The monoisotopic (exact) mass is 254 g/mol. The maximum atomic E-state index is 9.37. The SMILES string of the molecule is CC(=O)O.CCC(=O)O.[Fe].[Zn]. The van der Waals surface area contributed by atoms with Gasteiger partial charge in [0.2, 0.25) is 0 Å². The van der Waals surface area contributed by atoms with Crippen LogP contribution >= 0.6 is 0 Å². The summed E-state index contributed by atoms with van der Waals surface area (Å²) in [6.07, 6.45) is 0.222. The predicted molar refractivity (Wildman–Crippen MR) is 31.2 cm³/mol. The fourth-order valence-electron chi connectivity index (χ4n) is 0. The Balaban J connectivity index is -0.0000000383. The molecule has 6 heteroatoms. The van der Waals surface area contributed by atoms with E-state index in [1.807, 2.05) is 0 Å². The van der Waals surface area contributed by atoms with Crippen molar-refractivity contribution in [1.29, 1.82) is 0 Å². The van der Waals surface area contributed by atoms with Crippen molar-refractivity contribution in [1.82, 2.24) is 0 Å². The molecule has 4 nitrogen and oxygen atoms in total. The molecule has 0 amide bonds. The normalized spacial score (nSPS) is 5.64. The average molecular weight is 255 g/mol. The van der Waals surface area contributed by atoms with E-state index in [0.29, 0.717) is 0 Å². The van der Waals surface area contributed by atoms with E-state index in [-0.39, 0.29) is 43.0 Å². The van der Waals surface area contributed by atoms with Gasteiger partial charge in [-0.2, -0.15) is 0 Å². The number of carbonyl (C=O) groups is 2. The van der Waals surface area contributed by atoms with Crippen LogP contribution in [0.25, 0.3) is 0 Å². The zero-order valence-electron chi connectivity index (χ0n) is 6.48. The summed E-state index contributed by atoms with van der Waals surface area (Å²) in [5, 5.41) is 15.1. The summed E-state index contributed by atoms with van der Waals surface area (Å²) in [6, 6.07) is 0. The molecule has 0 radical (unpaired) electrons. The van der Waals surface area contributed by atoms with Crippen LogP contribution in [0.4, 0.5) is 0 Å². The standard InChI is InChI=1S/C3H6O2.C2H4O2.Fe.Zn/c1-2-3(4)5;1-2(3)4;;/h2H2,1H3,(H,4,5);1H3,(H,3,4);;. The average Bonchev–Trinajstić information content (AvgIpc) is 1.65.